The number of halogens is 1. The van der Waals surface area contributed by atoms with Gasteiger partial charge in [0.1, 0.15) is 0 Å². The summed E-state index contributed by atoms with van der Waals surface area (Å²) in [6.45, 7) is 3.06. The molecule has 1 N–H and O–H groups in total. The van der Waals surface area contributed by atoms with Crippen molar-refractivity contribution in [2.45, 2.75) is 19.4 Å². The van der Waals surface area contributed by atoms with Gasteiger partial charge in [-0.2, -0.15) is 0 Å². The molecule has 3 heteroatoms. The fraction of sp³-hybridized carbons (Fsp3) is 0.267. The van der Waals surface area contributed by atoms with Crippen LogP contribution in [0.25, 0.3) is 0 Å². The fourth-order valence-corrected chi connectivity index (χ4v) is 2.46. The Hall–Kier alpha value is -1.19. The lowest BCUT2D eigenvalue weighted by Crippen LogP contribution is -2.23. The van der Waals surface area contributed by atoms with Crippen molar-refractivity contribution in [2.75, 3.05) is 6.54 Å². The molecule has 1 atom stereocenters. The van der Waals surface area contributed by atoms with Gasteiger partial charge in [0.15, 0.2) is 0 Å². The van der Waals surface area contributed by atoms with Crippen LogP contribution >= 0.6 is 15.9 Å². The van der Waals surface area contributed by atoms with Crippen molar-refractivity contribution in [3.05, 3.63) is 64.4 Å². The molecule has 2 aromatic rings. The maximum absolute atomic E-state index is 4.44. The summed E-state index contributed by atoms with van der Waals surface area (Å²) in [7, 11) is 0. The first-order chi connectivity index (χ1) is 8.79. The van der Waals surface area contributed by atoms with Gasteiger partial charge in [0.25, 0.3) is 0 Å². The van der Waals surface area contributed by atoms with Gasteiger partial charge in [0.05, 0.1) is 11.7 Å². The SMILES string of the molecule is CCNC(Cc1cccc(Br)c1)c1ccccn1. The predicted molar refractivity (Wildman–Crippen MR) is 78.5 cm³/mol. The van der Waals surface area contributed by atoms with Gasteiger partial charge in [0.2, 0.25) is 0 Å². The van der Waals surface area contributed by atoms with Crippen molar-refractivity contribution in [1.82, 2.24) is 10.3 Å². The number of aromatic nitrogens is 1. The van der Waals surface area contributed by atoms with E-state index in [1.807, 2.05) is 24.4 Å². The molecule has 0 aliphatic heterocycles. The van der Waals surface area contributed by atoms with Gasteiger partial charge >= 0.3 is 0 Å². The smallest absolute Gasteiger partial charge is 0.0576 e. The van der Waals surface area contributed by atoms with Crippen LogP contribution in [0.4, 0.5) is 0 Å². The van der Waals surface area contributed by atoms with Crippen LogP contribution in [0.2, 0.25) is 0 Å². The van der Waals surface area contributed by atoms with Gasteiger partial charge in [-0.3, -0.25) is 4.98 Å². The maximum Gasteiger partial charge on any atom is 0.0576 e. The van der Waals surface area contributed by atoms with Crippen molar-refractivity contribution in [3.8, 4) is 0 Å². The van der Waals surface area contributed by atoms with E-state index in [1.54, 1.807) is 0 Å². The summed E-state index contributed by atoms with van der Waals surface area (Å²) >= 11 is 3.51. The molecule has 1 heterocycles. The molecule has 0 amide bonds. The molecule has 0 saturated carbocycles. The van der Waals surface area contributed by atoms with Crippen molar-refractivity contribution >= 4 is 15.9 Å². The molecule has 0 aliphatic carbocycles. The quantitative estimate of drug-likeness (QED) is 0.910. The molecule has 2 nitrogen and oxygen atoms in total. The molecule has 1 aromatic carbocycles. The summed E-state index contributed by atoms with van der Waals surface area (Å²) in [5, 5.41) is 3.49. The number of nitrogens with zero attached hydrogens (tertiary/aromatic N) is 1. The van der Waals surface area contributed by atoms with Gasteiger partial charge in [-0.1, -0.05) is 41.1 Å². The van der Waals surface area contributed by atoms with Gasteiger partial charge < -0.3 is 5.32 Å². The van der Waals surface area contributed by atoms with E-state index in [2.05, 4.69) is 57.4 Å². The maximum atomic E-state index is 4.44. The number of likely N-dealkylation sites (N-methyl/N-ethyl adjacent to an activating group) is 1. The van der Waals surface area contributed by atoms with E-state index in [1.165, 1.54) is 5.56 Å². The Morgan fingerprint density at radius 3 is 2.78 bits per heavy atom. The first-order valence-corrected chi connectivity index (χ1v) is 6.97. The minimum Gasteiger partial charge on any atom is -0.309 e. The molecule has 18 heavy (non-hydrogen) atoms. The lowest BCUT2D eigenvalue weighted by atomic mass is 10.0. The Labute approximate surface area is 117 Å². The van der Waals surface area contributed by atoms with Crippen LogP contribution in [-0.4, -0.2) is 11.5 Å². The highest BCUT2D eigenvalue weighted by Gasteiger charge is 2.12. The van der Waals surface area contributed by atoms with Crippen LogP contribution < -0.4 is 5.32 Å². The van der Waals surface area contributed by atoms with Gasteiger partial charge in [0, 0.05) is 10.7 Å². The van der Waals surface area contributed by atoms with Crippen LogP contribution in [0.3, 0.4) is 0 Å². The van der Waals surface area contributed by atoms with Crippen LogP contribution in [-0.2, 0) is 6.42 Å². The largest absolute Gasteiger partial charge is 0.309 e. The number of benzene rings is 1. The molecular formula is C15H17BrN2. The Morgan fingerprint density at radius 1 is 1.22 bits per heavy atom. The summed E-state index contributed by atoms with van der Waals surface area (Å²) in [6.07, 6.45) is 2.80. The normalized spacial score (nSPS) is 12.3. The number of pyridine rings is 1. The first-order valence-electron chi connectivity index (χ1n) is 6.18. The molecule has 2 rings (SSSR count). The molecule has 1 aromatic heterocycles. The molecule has 0 fully saturated rings. The van der Waals surface area contributed by atoms with Crippen molar-refractivity contribution < 1.29 is 0 Å². The fourth-order valence-electron chi connectivity index (χ4n) is 2.01. The molecule has 0 bridgehead atoms. The summed E-state index contributed by atoms with van der Waals surface area (Å²) < 4.78 is 1.12. The third kappa shape index (κ3) is 3.65. The number of rotatable bonds is 5. The van der Waals surface area contributed by atoms with Crippen LogP contribution in [0.15, 0.2) is 53.1 Å². The van der Waals surface area contributed by atoms with Crippen LogP contribution in [0.1, 0.15) is 24.2 Å². The van der Waals surface area contributed by atoms with Crippen molar-refractivity contribution in [1.29, 1.82) is 0 Å². The van der Waals surface area contributed by atoms with E-state index in [9.17, 15) is 0 Å². The summed E-state index contributed by atoms with van der Waals surface area (Å²) in [5.74, 6) is 0. The molecule has 94 valence electrons. The Morgan fingerprint density at radius 2 is 2.11 bits per heavy atom. The molecular weight excluding hydrogens is 288 g/mol. The molecule has 0 aliphatic rings. The summed E-state index contributed by atoms with van der Waals surface area (Å²) in [6, 6.07) is 14.8. The first kappa shape index (κ1) is 13.2. The molecule has 0 saturated heterocycles. The van der Waals surface area contributed by atoms with E-state index < -0.39 is 0 Å². The standard InChI is InChI=1S/C15H17BrN2/c1-2-17-15(14-8-3-4-9-18-14)11-12-6-5-7-13(16)10-12/h3-10,15,17H,2,11H2,1H3. The molecule has 0 spiro atoms. The van der Waals surface area contributed by atoms with Gasteiger partial charge in [-0.15, -0.1) is 0 Å². The van der Waals surface area contributed by atoms with E-state index >= 15 is 0 Å². The highest BCUT2D eigenvalue weighted by Crippen LogP contribution is 2.19. The Balaban J connectivity index is 2.16. The van der Waals surface area contributed by atoms with Crippen molar-refractivity contribution in [3.63, 3.8) is 0 Å². The van der Waals surface area contributed by atoms with E-state index in [0.29, 0.717) is 0 Å². The minimum atomic E-state index is 0.269. The zero-order valence-electron chi connectivity index (χ0n) is 10.4. The summed E-state index contributed by atoms with van der Waals surface area (Å²) in [4.78, 5) is 4.44. The van der Waals surface area contributed by atoms with E-state index in [-0.39, 0.29) is 6.04 Å². The van der Waals surface area contributed by atoms with E-state index in [0.717, 1.165) is 23.1 Å². The lowest BCUT2D eigenvalue weighted by Gasteiger charge is -2.17. The highest BCUT2D eigenvalue weighted by molar-refractivity contribution is 9.10. The lowest BCUT2D eigenvalue weighted by molar-refractivity contribution is 0.536. The average Bonchev–Trinajstić information content (AvgIpc) is 2.39. The zero-order valence-corrected chi connectivity index (χ0v) is 12.0. The molecule has 0 radical (unpaired) electrons. The average molecular weight is 305 g/mol. The van der Waals surface area contributed by atoms with Gasteiger partial charge in [-0.25, -0.2) is 0 Å². The minimum absolute atomic E-state index is 0.269. The number of hydrogen-bond acceptors (Lipinski definition) is 2. The third-order valence-electron chi connectivity index (χ3n) is 2.82. The summed E-state index contributed by atoms with van der Waals surface area (Å²) in [5.41, 5.74) is 2.40. The number of nitrogens with one attached hydrogen (secondary N) is 1. The monoisotopic (exact) mass is 304 g/mol. The second kappa shape index (κ2) is 6.66. The number of hydrogen-bond donors (Lipinski definition) is 1. The molecule has 1 unspecified atom stereocenters. The van der Waals surface area contributed by atoms with Crippen LogP contribution in [0, 0.1) is 0 Å². The second-order valence-electron chi connectivity index (χ2n) is 4.20. The third-order valence-corrected chi connectivity index (χ3v) is 3.32. The Bertz CT molecular complexity index is 485. The highest BCUT2D eigenvalue weighted by atomic mass is 79.9. The van der Waals surface area contributed by atoms with Crippen LogP contribution in [0.5, 0.6) is 0 Å². The Kier molecular flexibility index (Phi) is 4.90. The van der Waals surface area contributed by atoms with Gasteiger partial charge in [-0.05, 0) is 42.8 Å². The van der Waals surface area contributed by atoms with E-state index in [4.69, 9.17) is 0 Å². The zero-order chi connectivity index (χ0) is 12.8. The topological polar surface area (TPSA) is 24.9 Å². The second-order valence-corrected chi connectivity index (χ2v) is 5.11. The van der Waals surface area contributed by atoms with Crippen molar-refractivity contribution in [2.24, 2.45) is 0 Å². The predicted octanol–water partition coefficient (Wildman–Crippen LogP) is 3.74.